The van der Waals surface area contributed by atoms with Gasteiger partial charge in [-0.15, -0.1) is 0 Å². The summed E-state index contributed by atoms with van der Waals surface area (Å²) in [7, 11) is 0. The monoisotopic (exact) mass is 308 g/mol. The first kappa shape index (κ1) is 15.4. The molecule has 2 fully saturated rings. The summed E-state index contributed by atoms with van der Waals surface area (Å²) in [4.78, 5) is 14.6. The Hall–Kier alpha value is -1.49. The van der Waals surface area contributed by atoms with Crippen molar-refractivity contribution >= 4 is 5.91 Å². The van der Waals surface area contributed by atoms with Crippen LogP contribution in [0.25, 0.3) is 0 Å². The van der Waals surface area contributed by atoms with Crippen LogP contribution in [-0.4, -0.2) is 29.4 Å². The van der Waals surface area contributed by atoms with E-state index < -0.39 is 11.6 Å². The minimum absolute atomic E-state index is 0.0515. The molecule has 1 aromatic rings. The quantitative estimate of drug-likeness (QED) is 0.933. The largest absolute Gasteiger partial charge is 0.338 e. The van der Waals surface area contributed by atoms with Gasteiger partial charge in [0.15, 0.2) is 11.6 Å². The third-order valence-electron chi connectivity index (χ3n) is 4.93. The molecule has 5 heteroatoms. The number of hydrogen-bond acceptors (Lipinski definition) is 2. The molecule has 2 aliphatic rings. The Balaban J connectivity index is 1.73. The van der Waals surface area contributed by atoms with E-state index in [1.165, 1.54) is 6.07 Å². The Morgan fingerprint density at radius 3 is 2.86 bits per heavy atom. The molecule has 3 rings (SSSR count). The van der Waals surface area contributed by atoms with Crippen LogP contribution in [0.1, 0.15) is 44.1 Å². The van der Waals surface area contributed by atoms with E-state index in [2.05, 4.69) is 0 Å². The maximum Gasteiger partial charge on any atom is 0.226 e. The highest BCUT2D eigenvalue weighted by molar-refractivity contribution is 5.83. The van der Waals surface area contributed by atoms with Crippen LogP contribution in [0.2, 0.25) is 0 Å². The summed E-state index contributed by atoms with van der Waals surface area (Å²) in [6, 6.07) is 4.19. The SMILES string of the molecule is C[C@H](N)[C@@H]1CCCCN1C(=O)[C@@H]1C[C@@H]1c1cccc(F)c1F. The van der Waals surface area contributed by atoms with Gasteiger partial charge in [0.25, 0.3) is 0 Å². The average Bonchev–Trinajstić information content (AvgIpc) is 3.29. The molecule has 22 heavy (non-hydrogen) atoms. The topological polar surface area (TPSA) is 46.3 Å². The lowest BCUT2D eigenvalue weighted by molar-refractivity contribution is -0.136. The predicted molar refractivity (Wildman–Crippen MR) is 80.2 cm³/mol. The van der Waals surface area contributed by atoms with E-state index in [1.54, 1.807) is 6.07 Å². The second-order valence-corrected chi connectivity index (χ2v) is 6.55. The minimum atomic E-state index is -0.845. The van der Waals surface area contributed by atoms with Gasteiger partial charge in [-0.2, -0.15) is 0 Å². The van der Waals surface area contributed by atoms with E-state index in [9.17, 15) is 13.6 Å². The minimum Gasteiger partial charge on any atom is -0.338 e. The fourth-order valence-electron chi connectivity index (χ4n) is 3.61. The molecule has 1 aliphatic carbocycles. The predicted octanol–water partition coefficient (Wildman–Crippen LogP) is 2.80. The van der Waals surface area contributed by atoms with Crippen molar-refractivity contribution in [2.75, 3.05) is 6.54 Å². The van der Waals surface area contributed by atoms with Crippen LogP contribution < -0.4 is 5.73 Å². The molecule has 1 aliphatic heterocycles. The zero-order valence-corrected chi connectivity index (χ0v) is 12.8. The molecule has 0 unspecified atom stereocenters. The van der Waals surface area contributed by atoms with Crippen LogP contribution >= 0.6 is 0 Å². The van der Waals surface area contributed by atoms with E-state index in [0.717, 1.165) is 31.9 Å². The Morgan fingerprint density at radius 1 is 1.36 bits per heavy atom. The summed E-state index contributed by atoms with van der Waals surface area (Å²) in [5.41, 5.74) is 6.33. The Labute approximate surface area is 129 Å². The van der Waals surface area contributed by atoms with Crippen LogP contribution in [0.4, 0.5) is 8.78 Å². The van der Waals surface area contributed by atoms with Crippen molar-refractivity contribution < 1.29 is 13.6 Å². The highest BCUT2D eigenvalue weighted by Crippen LogP contribution is 2.50. The first-order valence-electron chi connectivity index (χ1n) is 8.00. The molecule has 0 spiro atoms. The Bertz CT molecular complexity index is 576. The van der Waals surface area contributed by atoms with Crippen LogP contribution in [0.3, 0.4) is 0 Å². The van der Waals surface area contributed by atoms with E-state index >= 15 is 0 Å². The first-order valence-corrected chi connectivity index (χ1v) is 8.00. The molecule has 1 saturated carbocycles. The summed E-state index contributed by atoms with van der Waals surface area (Å²) >= 11 is 0. The summed E-state index contributed by atoms with van der Waals surface area (Å²) in [6.07, 6.45) is 3.60. The maximum absolute atomic E-state index is 13.9. The van der Waals surface area contributed by atoms with Gasteiger partial charge in [-0.1, -0.05) is 12.1 Å². The molecule has 120 valence electrons. The molecule has 0 radical (unpaired) electrons. The number of carbonyl (C=O) groups is 1. The molecule has 1 aromatic carbocycles. The Morgan fingerprint density at radius 2 is 2.14 bits per heavy atom. The molecule has 1 amide bonds. The van der Waals surface area contributed by atoms with E-state index in [0.29, 0.717) is 12.0 Å². The molecule has 0 bridgehead atoms. The molecular formula is C17H22F2N2O. The fraction of sp³-hybridized carbons (Fsp3) is 0.588. The van der Waals surface area contributed by atoms with Crippen LogP contribution in [0.5, 0.6) is 0 Å². The standard InChI is InChI=1S/C17H22F2N2O/c1-10(20)15-7-2-3-8-21(15)17(22)13-9-12(13)11-5-4-6-14(18)16(11)19/h4-6,10,12-13,15H,2-3,7-9,20H2,1H3/t10-,12+,13+,15-/m0/s1. The van der Waals surface area contributed by atoms with E-state index in [1.807, 2.05) is 11.8 Å². The van der Waals surface area contributed by atoms with Crippen molar-refractivity contribution in [3.8, 4) is 0 Å². The number of nitrogens with two attached hydrogens (primary N) is 1. The van der Waals surface area contributed by atoms with Gasteiger partial charge in [0, 0.05) is 24.5 Å². The number of likely N-dealkylation sites (tertiary alicyclic amines) is 1. The summed E-state index contributed by atoms with van der Waals surface area (Å²) in [5.74, 6) is -2.03. The van der Waals surface area contributed by atoms with Crippen molar-refractivity contribution in [3.63, 3.8) is 0 Å². The van der Waals surface area contributed by atoms with Gasteiger partial charge in [-0.3, -0.25) is 4.79 Å². The zero-order valence-electron chi connectivity index (χ0n) is 12.8. The zero-order chi connectivity index (χ0) is 15.9. The Kier molecular flexibility index (Phi) is 4.17. The molecular weight excluding hydrogens is 286 g/mol. The normalized spacial score (nSPS) is 29.3. The van der Waals surface area contributed by atoms with Gasteiger partial charge in [0.1, 0.15) is 0 Å². The highest BCUT2D eigenvalue weighted by Gasteiger charge is 2.48. The third kappa shape index (κ3) is 2.74. The van der Waals surface area contributed by atoms with Gasteiger partial charge in [0.2, 0.25) is 5.91 Å². The smallest absolute Gasteiger partial charge is 0.226 e. The van der Waals surface area contributed by atoms with E-state index in [-0.39, 0.29) is 29.8 Å². The van der Waals surface area contributed by atoms with Crippen LogP contribution in [0.15, 0.2) is 18.2 Å². The number of hydrogen-bond donors (Lipinski definition) is 1. The lowest BCUT2D eigenvalue weighted by Gasteiger charge is -2.38. The van der Waals surface area contributed by atoms with Crippen LogP contribution in [0, 0.1) is 17.6 Å². The van der Waals surface area contributed by atoms with Crippen molar-refractivity contribution in [3.05, 3.63) is 35.4 Å². The summed E-state index contributed by atoms with van der Waals surface area (Å²) in [6.45, 7) is 2.65. The van der Waals surface area contributed by atoms with Crippen LogP contribution in [-0.2, 0) is 4.79 Å². The van der Waals surface area contributed by atoms with Crippen molar-refractivity contribution in [1.82, 2.24) is 4.90 Å². The lowest BCUT2D eigenvalue weighted by Crippen LogP contribution is -2.52. The number of piperidine rings is 1. The summed E-state index contributed by atoms with van der Waals surface area (Å²) in [5, 5.41) is 0. The van der Waals surface area contributed by atoms with Crippen molar-refractivity contribution in [2.24, 2.45) is 11.7 Å². The first-order chi connectivity index (χ1) is 10.5. The van der Waals surface area contributed by atoms with Gasteiger partial charge in [-0.25, -0.2) is 8.78 Å². The molecule has 4 atom stereocenters. The second kappa shape index (κ2) is 5.95. The van der Waals surface area contributed by atoms with Crippen molar-refractivity contribution in [2.45, 2.75) is 50.6 Å². The number of carbonyl (C=O) groups excluding carboxylic acids is 1. The number of nitrogens with zero attached hydrogens (tertiary/aromatic N) is 1. The molecule has 3 nitrogen and oxygen atoms in total. The second-order valence-electron chi connectivity index (χ2n) is 6.55. The van der Waals surface area contributed by atoms with E-state index in [4.69, 9.17) is 5.73 Å². The van der Waals surface area contributed by atoms with Gasteiger partial charge in [-0.05, 0) is 50.2 Å². The third-order valence-corrected chi connectivity index (χ3v) is 4.93. The fourth-order valence-corrected chi connectivity index (χ4v) is 3.61. The number of halogens is 2. The van der Waals surface area contributed by atoms with Gasteiger partial charge < -0.3 is 10.6 Å². The number of rotatable bonds is 3. The molecule has 1 saturated heterocycles. The van der Waals surface area contributed by atoms with Gasteiger partial charge in [0.05, 0.1) is 0 Å². The molecule has 1 heterocycles. The molecule has 0 aromatic heterocycles. The van der Waals surface area contributed by atoms with Gasteiger partial charge >= 0.3 is 0 Å². The number of amides is 1. The summed E-state index contributed by atoms with van der Waals surface area (Å²) < 4.78 is 27.2. The average molecular weight is 308 g/mol. The molecule has 2 N–H and O–H groups in total. The number of benzene rings is 1. The lowest BCUT2D eigenvalue weighted by atomic mass is 9.96. The highest BCUT2D eigenvalue weighted by atomic mass is 19.2. The van der Waals surface area contributed by atoms with Crippen molar-refractivity contribution in [1.29, 1.82) is 0 Å². The maximum atomic E-state index is 13.9.